The molecule has 1 aromatic carbocycles. The van der Waals surface area contributed by atoms with E-state index in [1.165, 1.54) is 0 Å². The summed E-state index contributed by atoms with van der Waals surface area (Å²) in [6.45, 7) is 0. The van der Waals surface area contributed by atoms with Gasteiger partial charge in [-0.1, -0.05) is 41.8 Å². The first-order valence-corrected chi connectivity index (χ1v) is 6.39. The number of hydrogen-bond donors (Lipinski definition) is 0. The Balaban J connectivity index is 2.28. The van der Waals surface area contributed by atoms with Crippen molar-refractivity contribution in [2.45, 2.75) is 38.0 Å². The highest BCUT2D eigenvalue weighted by molar-refractivity contribution is 6.42. The van der Waals surface area contributed by atoms with Crippen LogP contribution in [-0.4, -0.2) is 5.78 Å². The van der Waals surface area contributed by atoms with Crippen molar-refractivity contribution in [3.05, 3.63) is 33.8 Å². The van der Waals surface area contributed by atoms with Gasteiger partial charge in [0.1, 0.15) is 5.78 Å². The van der Waals surface area contributed by atoms with Gasteiger partial charge in [0.15, 0.2) is 0 Å². The standard InChI is InChI=1S/C13H14Cl2O/c14-12-7-3-6-11(13(12)15)9-4-1-2-5-10(16)8-9/h3,6-7,9H,1-2,4-5,8H2. The normalized spacial score (nSPS) is 21.9. The van der Waals surface area contributed by atoms with Gasteiger partial charge in [-0.2, -0.15) is 0 Å². The van der Waals surface area contributed by atoms with Crippen LogP contribution in [0, 0.1) is 0 Å². The minimum atomic E-state index is 0.251. The number of rotatable bonds is 1. The Hall–Kier alpha value is -0.530. The Morgan fingerprint density at radius 1 is 1.19 bits per heavy atom. The molecule has 1 nitrogen and oxygen atoms in total. The fraction of sp³-hybridized carbons (Fsp3) is 0.462. The zero-order chi connectivity index (χ0) is 11.5. The average molecular weight is 257 g/mol. The second-order valence-electron chi connectivity index (χ2n) is 4.33. The van der Waals surface area contributed by atoms with Gasteiger partial charge in [-0.3, -0.25) is 4.79 Å². The third kappa shape index (κ3) is 2.58. The summed E-state index contributed by atoms with van der Waals surface area (Å²) in [5.41, 5.74) is 1.03. The Kier molecular flexibility index (Phi) is 3.88. The van der Waals surface area contributed by atoms with Crippen molar-refractivity contribution in [1.82, 2.24) is 0 Å². The molecule has 1 saturated carbocycles. The molecule has 1 fully saturated rings. The summed E-state index contributed by atoms with van der Waals surface area (Å²) in [6.07, 6.45) is 4.47. The smallest absolute Gasteiger partial charge is 0.133 e. The van der Waals surface area contributed by atoms with E-state index in [-0.39, 0.29) is 5.92 Å². The summed E-state index contributed by atoms with van der Waals surface area (Å²) in [5, 5.41) is 1.19. The summed E-state index contributed by atoms with van der Waals surface area (Å²) in [5.74, 6) is 0.597. The number of Topliss-reactive ketones (excluding diaryl/α,β-unsaturated/α-hetero) is 1. The van der Waals surface area contributed by atoms with Gasteiger partial charge in [0.05, 0.1) is 10.0 Å². The number of carbonyl (C=O) groups is 1. The van der Waals surface area contributed by atoms with Crippen molar-refractivity contribution in [2.75, 3.05) is 0 Å². The second-order valence-corrected chi connectivity index (χ2v) is 5.11. The molecule has 0 saturated heterocycles. The highest BCUT2D eigenvalue weighted by atomic mass is 35.5. The third-order valence-corrected chi connectivity index (χ3v) is 3.99. The van der Waals surface area contributed by atoms with Crippen LogP contribution in [0.25, 0.3) is 0 Å². The second kappa shape index (κ2) is 5.20. The minimum Gasteiger partial charge on any atom is -0.300 e. The van der Waals surface area contributed by atoms with Gasteiger partial charge in [-0.15, -0.1) is 0 Å². The lowest BCUT2D eigenvalue weighted by Gasteiger charge is -2.15. The van der Waals surface area contributed by atoms with Gasteiger partial charge >= 0.3 is 0 Å². The van der Waals surface area contributed by atoms with Crippen LogP contribution in [-0.2, 0) is 4.79 Å². The predicted molar refractivity (Wildman–Crippen MR) is 67.3 cm³/mol. The van der Waals surface area contributed by atoms with Crippen molar-refractivity contribution in [1.29, 1.82) is 0 Å². The average Bonchev–Trinajstić information content (AvgIpc) is 2.47. The van der Waals surface area contributed by atoms with Gasteiger partial charge in [-0.05, 0) is 30.4 Å². The highest BCUT2D eigenvalue weighted by Gasteiger charge is 2.21. The first-order chi connectivity index (χ1) is 7.68. The van der Waals surface area contributed by atoms with Crippen LogP contribution >= 0.6 is 23.2 Å². The molecule has 1 unspecified atom stereocenters. The number of carbonyl (C=O) groups excluding carboxylic acids is 1. The van der Waals surface area contributed by atoms with Crippen LogP contribution in [0.4, 0.5) is 0 Å². The van der Waals surface area contributed by atoms with Crippen LogP contribution < -0.4 is 0 Å². The molecule has 0 heterocycles. The lowest BCUT2D eigenvalue weighted by Crippen LogP contribution is -2.04. The van der Waals surface area contributed by atoms with E-state index in [0.717, 1.165) is 24.8 Å². The van der Waals surface area contributed by atoms with E-state index in [2.05, 4.69) is 0 Å². The van der Waals surface area contributed by atoms with E-state index in [4.69, 9.17) is 23.2 Å². The first kappa shape index (κ1) is 11.9. The molecule has 0 aliphatic heterocycles. The first-order valence-electron chi connectivity index (χ1n) is 5.64. The van der Waals surface area contributed by atoms with Gasteiger partial charge < -0.3 is 0 Å². The number of hydrogen-bond acceptors (Lipinski definition) is 1. The molecule has 1 aliphatic carbocycles. The molecule has 3 heteroatoms. The molecule has 0 radical (unpaired) electrons. The molecule has 86 valence electrons. The fourth-order valence-corrected chi connectivity index (χ4v) is 2.76. The molecule has 0 spiro atoms. The molecule has 16 heavy (non-hydrogen) atoms. The Bertz CT molecular complexity index is 401. The van der Waals surface area contributed by atoms with E-state index in [9.17, 15) is 4.79 Å². The molecule has 0 N–H and O–H groups in total. The van der Waals surface area contributed by atoms with E-state index in [1.807, 2.05) is 12.1 Å². The molecular formula is C13H14Cl2O. The summed E-state index contributed by atoms with van der Waals surface area (Å²) < 4.78 is 0. The molecule has 0 bridgehead atoms. The zero-order valence-corrected chi connectivity index (χ0v) is 10.5. The van der Waals surface area contributed by atoms with Crippen LogP contribution in [0.5, 0.6) is 0 Å². The molecule has 1 aromatic rings. The number of halogens is 2. The molecule has 1 aliphatic rings. The van der Waals surface area contributed by atoms with Gasteiger partial charge in [0.2, 0.25) is 0 Å². The quantitative estimate of drug-likeness (QED) is 0.671. The van der Waals surface area contributed by atoms with E-state index in [1.54, 1.807) is 6.07 Å². The van der Waals surface area contributed by atoms with Gasteiger partial charge in [-0.25, -0.2) is 0 Å². The summed E-state index contributed by atoms with van der Waals surface area (Å²) >= 11 is 12.2. The summed E-state index contributed by atoms with van der Waals surface area (Å²) in [6, 6.07) is 5.67. The van der Waals surface area contributed by atoms with Crippen molar-refractivity contribution in [3.8, 4) is 0 Å². The maximum absolute atomic E-state index is 11.6. The predicted octanol–water partition coefficient (Wildman–Crippen LogP) is 4.61. The molecular weight excluding hydrogens is 243 g/mol. The highest BCUT2D eigenvalue weighted by Crippen LogP contribution is 2.37. The van der Waals surface area contributed by atoms with Crippen molar-refractivity contribution < 1.29 is 4.79 Å². The van der Waals surface area contributed by atoms with Crippen LogP contribution in [0.2, 0.25) is 10.0 Å². The van der Waals surface area contributed by atoms with Crippen LogP contribution in [0.1, 0.15) is 43.6 Å². The van der Waals surface area contributed by atoms with E-state index in [0.29, 0.717) is 28.7 Å². The molecule has 1 atom stereocenters. The lowest BCUT2D eigenvalue weighted by molar-refractivity contribution is -0.119. The zero-order valence-electron chi connectivity index (χ0n) is 9.01. The van der Waals surface area contributed by atoms with Crippen molar-refractivity contribution >= 4 is 29.0 Å². The monoisotopic (exact) mass is 256 g/mol. The Labute approximate surface area is 106 Å². The SMILES string of the molecule is O=C1CCCCC(c2cccc(Cl)c2Cl)C1. The Morgan fingerprint density at radius 2 is 2.00 bits per heavy atom. The largest absolute Gasteiger partial charge is 0.300 e. The van der Waals surface area contributed by atoms with E-state index < -0.39 is 0 Å². The molecule has 2 rings (SSSR count). The maximum atomic E-state index is 11.6. The number of benzene rings is 1. The topological polar surface area (TPSA) is 17.1 Å². The molecule has 0 aromatic heterocycles. The molecule has 0 amide bonds. The number of ketones is 1. The van der Waals surface area contributed by atoms with Gasteiger partial charge in [0.25, 0.3) is 0 Å². The van der Waals surface area contributed by atoms with Crippen LogP contribution in [0.15, 0.2) is 18.2 Å². The Morgan fingerprint density at radius 3 is 2.81 bits per heavy atom. The summed E-state index contributed by atoms with van der Waals surface area (Å²) in [4.78, 5) is 11.6. The minimum absolute atomic E-state index is 0.251. The van der Waals surface area contributed by atoms with E-state index >= 15 is 0 Å². The maximum Gasteiger partial charge on any atom is 0.133 e. The van der Waals surface area contributed by atoms with Crippen molar-refractivity contribution in [3.63, 3.8) is 0 Å². The van der Waals surface area contributed by atoms with Gasteiger partial charge in [0, 0.05) is 12.8 Å². The third-order valence-electron chi connectivity index (χ3n) is 3.15. The fourth-order valence-electron chi connectivity index (χ4n) is 2.29. The lowest BCUT2D eigenvalue weighted by atomic mass is 9.91. The summed E-state index contributed by atoms with van der Waals surface area (Å²) in [7, 11) is 0. The van der Waals surface area contributed by atoms with Crippen LogP contribution in [0.3, 0.4) is 0 Å². The van der Waals surface area contributed by atoms with Crippen molar-refractivity contribution in [2.24, 2.45) is 0 Å².